The molecule has 342 valence electrons. The Hall–Kier alpha value is -8.42. The van der Waals surface area contributed by atoms with Gasteiger partial charge in [0, 0.05) is 53.3 Å². The molecular weight excluding hydrogens is 1070 g/mol. The van der Waals surface area contributed by atoms with Crippen LogP contribution in [0.5, 0.6) is 17.2 Å². The molecule has 0 aliphatic carbocycles. The largest absolute Gasteiger partial charge is 3.00 e. The van der Waals surface area contributed by atoms with Crippen molar-refractivity contribution in [2.75, 3.05) is 0 Å². The molecule has 0 amide bonds. The molecule has 0 spiro atoms. The van der Waals surface area contributed by atoms with Gasteiger partial charge in [0.05, 0.1) is 0 Å². The van der Waals surface area contributed by atoms with Gasteiger partial charge in [-0.3, -0.25) is 15.0 Å². The SMILES string of the molecule is [Ir+3].[c-]1ccccc1-c1ccccn1.[c-]1ccccc1-c1ccccn1.[c-]1ccccc1-c1ccccn1.c1cnc2c([O][Al]([O]c3cccc4cccnc34)[O]c3cccc4cccnc34)cccc2c1. The van der Waals surface area contributed by atoms with Crippen LogP contribution >= 0.6 is 0 Å². The number of nitrogens with zero attached hydrogens (tertiary/aromatic N) is 6. The molecule has 0 atom stereocenters. The van der Waals surface area contributed by atoms with E-state index in [0.29, 0.717) is 17.2 Å². The van der Waals surface area contributed by atoms with Crippen LogP contribution < -0.4 is 11.4 Å². The van der Waals surface area contributed by atoms with Gasteiger partial charge in [-0.1, -0.05) is 91.0 Å². The zero-order valence-electron chi connectivity index (χ0n) is 38.1. The first kappa shape index (κ1) is 49.0. The van der Waals surface area contributed by atoms with Crippen LogP contribution in [0.4, 0.5) is 0 Å². The molecule has 0 unspecified atom stereocenters. The predicted octanol–water partition coefficient (Wildman–Crippen LogP) is 13.5. The van der Waals surface area contributed by atoms with Gasteiger partial charge in [0.25, 0.3) is 0 Å². The molecule has 0 saturated carbocycles. The molecule has 11 heteroatoms. The molecular formula is C60H42AlIrN6O3. The Bertz CT molecular complexity index is 2980. The number of aromatic nitrogens is 6. The number of fused-ring (bicyclic) bond motifs is 3. The molecule has 6 aromatic carbocycles. The van der Waals surface area contributed by atoms with E-state index in [9.17, 15) is 0 Å². The summed E-state index contributed by atoms with van der Waals surface area (Å²) in [5.74, 6) is 1.82. The Morgan fingerprint density at radius 3 is 0.859 bits per heavy atom. The second-order valence-electron chi connectivity index (χ2n) is 15.1. The molecule has 0 aliphatic rings. The summed E-state index contributed by atoms with van der Waals surface area (Å²) in [7, 11) is 0. The number of rotatable bonds is 9. The van der Waals surface area contributed by atoms with E-state index in [1.807, 2.05) is 218 Å². The van der Waals surface area contributed by atoms with Gasteiger partial charge in [-0.05, 0) is 71.7 Å². The molecule has 0 saturated heterocycles. The molecule has 6 aromatic heterocycles. The topological polar surface area (TPSA) is 105 Å². The molecule has 0 N–H and O–H groups in total. The Morgan fingerprint density at radius 2 is 0.577 bits per heavy atom. The molecule has 6 heterocycles. The van der Waals surface area contributed by atoms with E-state index in [1.54, 1.807) is 37.2 Å². The summed E-state index contributed by atoms with van der Waals surface area (Å²) >= 11 is -2.86. The minimum atomic E-state index is -2.86. The molecule has 0 aliphatic heterocycles. The number of para-hydroxylation sites is 3. The zero-order chi connectivity index (χ0) is 47.4. The van der Waals surface area contributed by atoms with Gasteiger partial charge in [0.1, 0.15) is 33.8 Å². The minimum Gasteiger partial charge on any atom is -0.576 e. The summed E-state index contributed by atoms with van der Waals surface area (Å²) < 4.78 is 19.2. The molecule has 0 bridgehead atoms. The first-order chi connectivity index (χ1) is 34.7. The van der Waals surface area contributed by atoms with Gasteiger partial charge < -0.3 is 26.3 Å². The van der Waals surface area contributed by atoms with Gasteiger partial charge in [-0.25, -0.2) is 0 Å². The number of benzene rings is 6. The van der Waals surface area contributed by atoms with Crippen LogP contribution in [0, 0.1) is 18.2 Å². The van der Waals surface area contributed by atoms with Crippen molar-refractivity contribution in [3.05, 3.63) is 274 Å². The predicted molar refractivity (Wildman–Crippen MR) is 278 cm³/mol. The Balaban J connectivity index is 0.000000149. The van der Waals surface area contributed by atoms with E-state index in [0.717, 1.165) is 66.5 Å². The van der Waals surface area contributed by atoms with E-state index < -0.39 is 15.1 Å². The molecule has 12 rings (SSSR count). The summed E-state index contributed by atoms with van der Waals surface area (Å²) in [6, 6.07) is 79.6. The third-order valence-corrected chi connectivity index (χ3v) is 11.7. The molecule has 12 aromatic rings. The fourth-order valence-electron chi connectivity index (χ4n) is 7.12. The second-order valence-corrected chi connectivity index (χ2v) is 16.4. The summed E-state index contributed by atoms with van der Waals surface area (Å²) in [6.45, 7) is 0. The van der Waals surface area contributed by atoms with Crippen LogP contribution in [-0.2, 0) is 20.1 Å². The van der Waals surface area contributed by atoms with Crippen molar-refractivity contribution >= 4 is 47.9 Å². The van der Waals surface area contributed by atoms with Gasteiger partial charge in [-0.15, -0.1) is 108 Å². The fourth-order valence-corrected chi connectivity index (χ4v) is 8.46. The summed E-state index contributed by atoms with van der Waals surface area (Å²) in [5, 5.41) is 2.93. The van der Waals surface area contributed by atoms with Crippen molar-refractivity contribution in [1.29, 1.82) is 0 Å². The average molecular weight is 1110 g/mol. The van der Waals surface area contributed by atoms with Crippen molar-refractivity contribution < 1.29 is 31.5 Å². The molecule has 71 heavy (non-hydrogen) atoms. The van der Waals surface area contributed by atoms with Crippen LogP contribution in [0.3, 0.4) is 0 Å². The Labute approximate surface area is 431 Å². The van der Waals surface area contributed by atoms with E-state index in [-0.39, 0.29) is 20.1 Å². The smallest absolute Gasteiger partial charge is 0.576 e. The maximum Gasteiger partial charge on any atom is 3.00 e. The first-order valence-corrected chi connectivity index (χ1v) is 23.8. The van der Waals surface area contributed by atoms with Crippen LogP contribution in [-0.4, -0.2) is 45.1 Å². The first-order valence-electron chi connectivity index (χ1n) is 22.4. The van der Waals surface area contributed by atoms with Gasteiger partial charge in [0.15, 0.2) is 0 Å². The Kier molecular flexibility index (Phi) is 17.8. The average Bonchev–Trinajstić information content (AvgIpc) is 3.45. The zero-order valence-corrected chi connectivity index (χ0v) is 41.6. The van der Waals surface area contributed by atoms with E-state index in [4.69, 9.17) is 11.4 Å². The maximum absolute atomic E-state index is 6.41. The van der Waals surface area contributed by atoms with Crippen LogP contribution in [0.15, 0.2) is 256 Å². The van der Waals surface area contributed by atoms with Crippen molar-refractivity contribution in [3.8, 4) is 51.0 Å². The van der Waals surface area contributed by atoms with Crippen LogP contribution in [0.1, 0.15) is 0 Å². The van der Waals surface area contributed by atoms with Crippen LogP contribution in [0.2, 0.25) is 0 Å². The second kappa shape index (κ2) is 25.8. The van der Waals surface area contributed by atoms with Gasteiger partial charge >= 0.3 is 35.3 Å². The van der Waals surface area contributed by atoms with Crippen molar-refractivity contribution in [2.24, 2.45) is 0 Å². The minimum absolute atomic E-state index is 0. The number of hydrogen-bond donors (Lipinski definition) is 0. The number of pyridine rings is 6. The van der Waals surface area contributed by atoms with Crippen molar-refractivity contribution in [1.82, 2.24) is 29.9 Å². The summed E-state index contributed by atoms with van der Waals surface area (Å²) in [5.41, 5.74) is 8.29. The summed E-state index contributed by atoms with van der Waals surface area (Å²) in [6.07, 6.45) is 10.6. The summed E-state index contributed by atoms with van der Waals surface area (Å²) in [4.78, 5) is 26.2. The van der Waals surface area contributed by atoms with E-state index >= 15 is 0 Å². The van der Waals surface area contributed by atoms with Crippen molar-refractivity contribution in [2.45, 2.75) is 0 Å². The van der Waals surface area contributed by atoms with E-state index in [1.165, 1.54) is 0 Å². The fraction of sp³-hybridized carbons (Fsp3) is 0. The van der Waals surface area contributed by atoms with Gasteiger partial charge in [0.2, 0.25) is 0 Å². The third-order valence-electron chi connectivity index (χ3n) is 10.4. The quantitative estimate of drug-likeness (QED) is 0.103. The maximum atomic E-state index is 6.41. The van der Waals surface area contributed by atoms with E-state index in [2.05, 4.69) is 48.1 Å². The third kappa shape index (κ3) is 13.6. The molecule has 0 radical (unpaired) electrons. The Morgan fingerprint density at radius 1 is 0.282 bits per heavy atom. The molecule has 9 nitrogen and oxygen atoms in total. The number of hydrogen-bond acceptors (Lipinski definition) is 9. The van der Waals surface area contributed by atoms with Crippen molar-refractivity contribution in [3.63, 3.8) is 0 Å². The molecule has 0 fully saturated rings. The van der Waals surface area contributed by atoms with Crippen LogP contribution in [0.25, 0.3) is 66.5 Å². The monoisotopic (exact) mass is 1110 g/mol. The van der Waals surface area contributed by atoms with Gasteiger partial charge in [-0.2, -0.15) is 0 Å². The normalized spacial score (nSPS) is 10.1. The standard InChI is InChI=1S/3C11H8N.3C9H7NO.Al.Ir/c3*1-2-6-10(7-3-1)11-8-4-5-9-12-11;3*11-8-5-1-3-7-4-2-6-10-9(7)8;;/h3*1-6,8-9H;3*1-6,11H;;/q3*-1;;;;2*+3/p-3.